The summed E-state index contributed by atoms with van der Waals surface area (Å²) in [5.41, 5.74) is 0. The Labute approximate surface area is 72.7 Å². The van der Waals surface area contributed by atoms with Crippen LogP contribution < -0.4 is 41.9 Å². The summed E-state index contributed by atoms with van der Waals surface area (Å²) in [5.74, 6) is 5.27. The predicted octanol–water partition coefficient (Wildman–Crippen LogP) is -6.88. The van der Waals surface area contributed by atoms with E-state index >= 15 is 0 Å². The first-order valence-corrected chi connectivity index (χ1v) is 5.21. The molecule has 6 heteroatoms. The zero-order chi connectivity index (χ0) is 8.69. The Bertz CT molecular complexity index is 180. The van der Waals surface area contributed by atoms with Gasteiger partial charge in [0.05, 0.1) is 0 Å². The van der Waals surface area contributed by atoms with Crippen LogP contribution >= 0.6 is 0 Å². The number of aromatic nitrogens is 1. The molecular formula is C5H7IN2O3. The largest absolute Gasteiger partial charge is 0.427 e. The Morgan fingerprint density at radius 3 is 1.55 bits per heavy atom. The lowest BCUT2D eigenvalue weighted by atomic mass is 10.5. The van der Waals surface area contributed by atoms with Gasteiger partial charge >= 0.3 is 0 Å². The summed E-state index contributed by atoms with van der Waals surface area (Å²) in [4.78, 5) is 0. The van der Waals surface area contributed by atoms with Gasteiger partial charge in [-0.15, -0.1) is 0 Å². The Morgan fingerprint density at radius 1 is 1.00 bits per heavy atom. The van der Waals surface area contributed by atoms with Crippen molar-refractivity contribution in [3.8, 4) is 0 Å². The Hall–Kier alpha value is -0.440. The molecule has 0 aliphatic carbocycles. The summed E-state index contributed by atoms with van der Waals surface area (Å²) in [5, 5.41) is 0. The lowest BCUT2D eigenvalue weighted by Crippen LogP contribution is -4.05. The average molecular weight is 270 g/mol. The van der Waals surface area contributed by atoms with E-state index in [1.54, 1.807) is 12.4 Å². The number of halogens is 1. The summed E-state index contributed by atoms with van der Waals surface area (Å²) in [7, 11) is 0. The molecule has 0 unspecified atom stereocenters. The molecule has 0 atom stereocenters. The lowest BCUT2D eigenvalue weighted by Gasteiger charge is -1.84. The molecule has 0 amide bonds. The van der Waals surface area contributed by atoms with E-state index in [-0.39, 0.29) is 0 Å². The van der Waals surface area contributed by atoms with Crippen LogP contribution in [-0.2, 0) is 0 Å². The van der Waals surface area contributed by atoms with Crippen molar-refractivity contribution in [2.75, 3.05) is 5.84 Å². The summed E-state index contributed by atoms with van der Waals surface area (Å²) >= 11 is -4.01. The van der Waals surface area contributed by atoms with Crippen LogP contribution in [0.25, 0.3) is 0 Å². The molecule has 1 rings (SSSR count). The number of nitrogen functional groups attached to an aromatic ring is 1. The maximum Gasteiger partial charge on any atom is 0.282 e. The number of hydrogen-bond acceptors (Lipinski definition) is 4. The Kier molecular flexibility index (Phi) is 6.03. The highest BCUT2D eigenvalue weighted by molar-refractivity contribution is 4.83. The predicted molar refractivity (Wildman–Crippen MR) is 26.8 cm³/mol. The fourth-order valence-corrected chi connectivity index (χ4v) is 0.412. The van der Waals surface area contributed by atoms with E-state index in [4.69, 9.17) is 16.2 Å². The van der Waals surface area contributed by atoms with Gasteiger partial charge in [-0.3, -0.25) is 0 Å². The molecule has 1 aromatic heterocycles. The molecule has 0 aliphatic rings. The minimum Gasteiger partial charge on any atom is -0.427 e. The number of nitrogens with zero attached hydrogens (tertiary/aromatic N) is 1. The van der Waals surface area contributed by atoms with Gasteiger partial charge in [0.1, 0.15) is 0 Å². The normalized spacial score (nSPS) is 8.73. The van der Waals surface area contributed by atoms with Crippen LogP contribution in [-0.4, -0.2) is 0 Å². The average Bonchev–Trinajstić information content (AvgIpc) is 1.87. The molecule has 0 aliphatic heterocycles. The van der Waals surface area contributed by atoms with E-state index in [2.05, 4.69) is 0 Å². The van der Waals surface area contributed by atoms with Gasteiger partial charge in [-0.2, -0.15) is 0 Å². The third-order valence-electron chi connectivity index (χ3n) is 0.739. The van der Waals surface area contributed by atoms with Gasteiger partial charge in [-0.1, -0.05) is 10.7 Å². The molecular weight excluding hydrogens is 263 g/mol. The molecule has 0 aromatic carbocycles. The summed E-state index contributed by atoms with van der Waals surface area (Å²) in [6, 6.07) is 5.67. The molecule has 0 saturated heterocycles. The highest BCUT2D eigenvalue weighted by atomic mass is 127. The van der Waals surface area contributed by atoms with Crippen molar-refractivity contribution in [1.29, 1.82) is 0 Å². The van der Waals surface area contributed by atoms with Gasteiger partial charge < -0.3 is 10.3 Å². The zero-order valence-electron chi connectivity index (χ0n) is 5.51. The van der Waals surface area contributed by atoms with Crippen LogP contribution in [0.4, 0.5) is 0 Å². The van der Waals surface area contributed by atoms with Crippen LogP contribution in [0, 0.1) is 0 Å². The molecule has 11 heavy (non-hydrogen) atoms. The van der Waals surface area contributed by atoms with Crippen LogP contribution in [0.1, 0.15) is 0 Å². The minimum absolute atomic E-state index is 1.50. The van der Waals surface area contributed by atoms with Gasteiger partial charge in [-0.05, 0) is 0 Å². The van der Waals surface area contributed by atoms with Crippen LogP contribution in [0.2, 0.25) is 0 Å². The first-order valence-electron chi connectivity index (χ1n) is 2.57. The first-order chi connectivity index (χ1) is 5.13. The van der Waals surface area contributed by atoms with Crippen molar-refractivity contribution in [3.63, 3.8) is 0 Å². The summed E-state index contributed by atoms with van der Waals surface area (Å²) < 4.78 is 27.2. The number of hydrogen-bond donors (Lipinski definition) is 1. The number of rotatable bonds is 0. The van der Waals surface area contributed by atoms with E-state index in [0.717, 1.165) is 0 Å². The van der Waals surface area contributed by atoms with E-state index < -0.39 is 21.1 Å². The van der Waals surface area contributed by atoms with E-state index in [0.29, 0.717) is 0 Å². The Balaban J connectivity index is 0.000000218. The highest BCUT2D eigenvalue weighted by Gasteiger charge is 1.79. The molecule has 2 N–H and O–H groups in total. The third kappa shape index (κ3) is 9.56. The second-order valence-electron chi connectivity index (χ2n) is 1.51. The standard InChI is InChI=1S/C5H7N2.IO3/c6-7-4-2-1-3-5-7;2-1(3)4/h1-5H,6H2;/q+1;-1. The van der Waals surface area contributed by atoms with Crippen molar-refractivity contribution in [2.45, 2.75) is 0 Å². The quantitative estimate of drug-likeness (QED) is 0.288. The van der Waals surface area contributed by atoms with E-state index in [1.807, 2.05) is 18.2 Å². The minimum atomic E-state index is -4.01. The molecule has 0 bridgehead atoms. The van der Waals surface area contributed by atoms with Gasteiger partial charge in [-0.25, -0.2) is 5.84 Å². The summed E-state index contributed by atoms with van der Waals surface area (Å²) in [6.07, 6.45) is 3.56. The van der Waals surface area contributed by atoms with Gasteiger partial charge in [0.15, 0.2) is 12.4 Å². The fourth-order valence-electron chi connectivity index (χ4n) is 0.412. The smallest absolute Gasteiger partial charge is 0.282 e. The maximum atomic E-state index is 8.57. The molecule has 0 saturated carbocycles. The Morgan fingerprint density at radius 2 is 1.36 bits per heavy atom. The van der Waals surface area contributed by atoms with Crippen molar-refractivity contribution < 1.29 is 36.0 Å². The first kappa shape index (κ1) is 10.6. The zero-order valence-corrected chi connectivity index (χ0v) is 7.67. The van der Waals surface area contributed by atoms with Crippen molar-refractivity contribution >= 4 is 0 Å². The molecule has 0 radical (unpaired) electrons. The van der Waals surface area contributed by atoms with Gasteiger partial charge in [0.2, 0.25) is 0 Å². The molecule has 0 spiro atoms. The summed E-state index contributed by atoms with van der Waals surface area (Å²) in [6.45, 7) is 0. The molecule has 0 fully saturated rings. The fraction of sp³-hybridized carbons (Fsp3) is 0. The molecule has 62 valence electrons. The van der Waals surface area contributed by atoms with Crippen molar-refractivity contribution in [3.05, 3.63) is 30.6 Å². The van der Waals surface area contributed by atoms with Crippen molar-refractivity contribution in [1.82, 2.24) is 0 Å². The second kappa shape index (κ2) is 6.28. The maximum absolute atomic E-state index is 8.57. The van der Waals surface area contributed by atoms with Crippen LogP contribution in [0.3, 0.4) is 0 Å². The number of nitrogens with two attached hydrogens (primary N) is 1. The monoisotopic (exact) mass is 270 g/mol. The molecule has 1 heterocycles. The number of pyridine rings is 1. The van der Waals surface area contributed by atoms with Crippen molar-refractivity contribution in [2.24, 2.45) is 0 Å². The SMILES string of the molecule is N[n+]1ccccc1.[O-][I+2]([O-])[O-]. The molecule has 5 nitrogen and oxygen atoms in total. The van der Waals surface area contributed by atoms with Crippen LogP contribution in [0.5, 0.6) is 0 Å². The highest BCUT2D eigenvalue weighted by Crippen LogP contribution is 1.70. The molecule has 1 aromatic rings. The van der Waals surface area contributed by atoms with Gasteiger partial charge in [0, 0.05) is 12.1 Å². The topological polar surface area (TPSA) is 99.1 Å². The van der Waals surface area contributed by atoms with Gasteiger partial charge in [0.25, 0.3) is 21.1 Å². The third-order valence-corrected chi connectivity index (χ3v) is 0.739. The van der Waals surface area contributed by atoms with E-state index in [9.17, 15) is 0 Å². The van der Waals surface area contributed by atoms with Crippen LogP contribution in [0.15, 0.2) is 30.6 Å². The van der Waals surface area contributed by atoms with E-state index in [1.165, 1.54) is 4.68 Å². The lowest BCUT2D eigenvalue weighted by molar-refractivity contribution is -1.73. The second-order valence-corrected chi connectivity index (χ2v) is 2.59.